The smallest absolute Gasteiger partial charge is 0.314 e. The maximum atomic E-state index is 13.6. The molecule has 2 aromatic rings. The molecule has 1 fully saturated rings. The Hall–Kier alpha value is -2.77. The number of likely N-dealkylation sites (tertiary alicyclic amines) is 1. The Morgan fingerprint density at radius 1 is 1.36 bits per heavy atom. The molecule has 1 aliphatic rings. The maximum Gasteiger partial charge on any atom is 0.314 e. The fourth-order valence-electron chi connectivity index (χ4n) is 2.76. The average molecular weight is 346 g/mol. The van der Waals surface area contributed by atoms with Crippen LogP contribution in [0.4, 0.5) is 10.1 Å². The first-order chi connectivity index (χ1) is 12.0. The molecular formula is C17H19FN4O3. The summed E-state index contributed by atoms with van der Waals surface area (Å²) < 4.78 is 18.8. The summed E-state index contributed by atoms with van der Waals surface area (Å²) in [5.41, 5.74) is -0.0294. The van der Waals surface area contributed by atoms with Crippen molar-refractivity contribution in [3.8, 4) is 0 Å². The van der Waals surface area contributed by atoms with Gasteiger partial charge in [0.1, 0.15) is 5.82 Å². The van der Waals surface area contributed by atoms with Crippen molar-refractivity contribution in [1.29, 1.82) is 0 Å². The minimum Gasteiger partial charge on any atom is -0.339 e. The molecule has 0 aliphatic carbocycles. The fourth-order valence-corrected chi connectivity index (χ4v) is 2.76. The van der Waals surface area contributed by atoms with Crippen LogP contribution in [0.25, 0.3) is 0 Å². The zero-order valence-electron chi connectivity index (χ0n) is 14.0. The number of para-hydroxylation sites is 1. The first kappa shape index (κ1) is 17.1. The molecule has 0 spiro atoms. The maximum absolute atomic E-state index is 13.6. The van der Waals surface area contributed by atoms with Crippen LogP contribution in [0, 0.1) is 5.82 Å². The lowest BCUT2D eigenvalue weighted by Crippen LogP contribution is -2.39. The normalized spacial score (nSPS) is 17.1. The quantitative estimate of drug-likeness (QED) is 0.863. The van der Waals surface area contributed by atoms with Gasteiger partial charge >= 0.3 is 11.8 Å². The summed E-state index contributed by atoms with van der Waals surface area (Å²) in [5, 5.41) is 6.25. The summed E-state index contributed by atoms with van der Waals surface area (Å²) in [5.74, 6) is -1.25. The number of amides is 2. The number of carbonyl (C=O) groups is 2. The highest BCUT2D eigenvalue weighted by molar-refractivity contribution is 6.39. The van der Waals surface area contributed by atoms with Crippen molar-refractivity contribution >= 4 is 17.5 Å². The van der Waals surface area contributed by atoms with Gasteiger partial charge in [-0.3, -0.25) is 9.59 Å². The van der Waals surface area contributed by atoms with E-state index in [-0.39, 0.29) is 11.6 Å². The second-order valence-corrected chi connectivity index (χ2v) is 6.24. The highest BCUT2D eigenvalue weighted by atomic mass is 19.1. The predicted octanol–water partition coefficient (Wildman–Crippen LogP) is 2.63. The summed E-state index contributed by atoms with van der Waals surface area (Å²) in [7, 11) is 0. The summed E-state index contributed by atoms with van der Waals surface area (Å²) >= 11 is 0. The molecule has 0 unspecified atom stereocenters. The minimum absolute atomic E-state index is 0.0294. The van der Waals surface area contributed by atoms with Gasteiger partial charge in [0.05, 0.1) is 11.7 Å². The molecule has 1 aromatic carbocycles. The summed E-state index contributed by atoms with van der Waals surface area (Å²) in [6, 6.07) is 5.29. The Morgan fingerprint density at radius 3 is 2.80 bits per heavy atom. The number of carbonyl (C=O) groups excluding carboxylic acids is 2. The standard InChI is InChI=1S/C17H19FN4O3/c1-10(2)16-20-14(21-25-16)13-8-5-9-22(13)17(24)15(23)19-12-7-4-3-6-11(12)18/h3-4,6-7,10,13H,5,8-9H2,1-2H3,(H,19,23)/t13-/m0/s1. The van der Waals surface area contributed by atoms with Crippen molar-refractivity contribution in [3.63, 3.8) is 0 Å². The fraction of sp³-hybridized carbons (Fsp3) is 0.412. The number of rotatable bonds is 3. The largest absolute Gasteiger partial charge is 0.339 e. The Kier molecular flexibility index (Phi) is 4.78. The summed E-state index contributed by atoms with van der Waals surface area (Å²) in [4.78, 5) is 30.4. The first-order valence-corrected chi connectivity index (χ1v) is 8.17. The third-order valence-corrected chi connectivity index (χ3v) is 4.08. The molecule has 1 aliphatic heterocycles. The van der Waals surface area contributed by atoms with Crippen LogP contribution in [0.1, 0.15) is 50.4 Å². The van der Waals surface area contributed by atoms with Gasteiger partial charge in [-0.05, 0) is 25.0 Å². The van der Waals surface area contributed by atoms with E-state index in [1.165, 1.54) is 23.1 Å². The SMILES string of the molecule is CC(C)c1nc([C@@H]2CCCN2C(=O)C(=O)Nc2ccccc2F)no1. The Labute approximate surface area is 144 Å². The molecule has 0 bridgehead atoms. The molecule has 0 radical (unpaired) electrons. The van der Waals surface area contributed by atoms with Crippen molar-refractivity contribution in [2.75, 3.05) is 11.9 Å². The molecule has 1 N–H and O–H groups in total. The molecule has 8 heteroatoms. The predicted molar refractivity (Wildman–Crippen MR) is 87.1 cm³/mol. The van der Waals surface area contributed by atoms with Gasteiger partial charge in [-0.25, -0.2) is 4.39 Å². The third kappa shape index (κ3) is 3.52. The van der Waals surface area contributed by atoms with Gasteiger partial charge in [0.2, 0.25) is 5.89 Å². The van der Waals surface area contributed by atoms with Gasteiger partial charge in [0.25, 0.3) is 0 Å². The van der Waals surface area contributed by atoms with Crippen molar-refractivity contribution in [3.05, 3.63) is 41.8 Å². The van der Waals surface area contributed by atoms with Crippen LogP contribution in [0.3, 0.4) is 0 Å². The number of anilines is 1. The first-order valence-electron chi connectivity index (χ1n) is 8.17. The Morgan fingerprint density at radius 2 is 2.12 bits per heavy atom. The summed E-state index contributed by atoms with van der Waals surface area (Å²) in [6.45, 7) is 4.27. The van der Waals surface area contributed by atoms with Crippen molar-refractivity contribution in [1.82, 2.24) is 15.0 Å². The second kappa shape index (κ2) is 7.00. The third-order valence-electron chi connectivity index (χ3n) is 4.08. The average Bonchev–Trinajstić information content (AvgIpc) is 3.24. The van der Waals surface area contributed by atoms with Gasteiger partial charge in [-0.2, -0.15) is 4.98 Å². The Bertz CT molecular complexity index is 790. The number of hydrogen-bond acceptors (Lipinski definition) is 5. The van der Waals surface area contributed by atoms with Crippen molar-refractivity contribution in [2.45, 2.75) is 38.6 Å². The molecule has 25 heavy (non-hydrogen) atoms. The number of hydrogen-bond donors (Lipinski definition) is 1. The van der Waals surface area contributed by atoms with E-state index in [1.807, 2.05) is 13.8 Å². The zero-order valence-corrected chi connectivity index (χ0v) is 14.0. The van der Waals surface area contributed by atoms with E-state index in [0.29, 0.717) is 24.7 Å². The monoisotopic (exact) mass is 346 g/mol. The lowest BCUT2D eigenvalue weighted by molar-refractivity contribution is -0.143. The van der Waals surface area contributed by atoms with E-state index in [9.17, 15) is 14.0 Å². The molecule has 2 heterocycles. The highest BCUT2D eigenvalue weighted by Crippen LogP contribution is 2.31. The van der Waals surface area contributed by atoms with Crippen molar-refractivity contribution < 1.29 is 18.5 Å². The minimum atomic E-state index is -0.885. The molecule has 1 atom stereocenters. The number of benzene rings is 1. The second-order valence-electron chi connectivity index (χ2n) is 6.24. The van der Waals surface area contributed by atoms with E-state index in [2.05, 4.69) is 15.5 Å². The van der Waals surface area contributed by atoms with Crippen molar-refractivity contribution in [2.24, 2.45) is 0 Å². The number of aromatic nitrogens is 2. The van der Waals surface area contributed by atoms with Crippen LogP contribution in [-0.2, 0) is 9.59 Å². The van der Waals surface area contributed by atoms with E-state index in [1.54, 1.807) is 6.07 Å². The van der Waals surface area contributed by atoms with Crippen LogP contribution in [0.2, 0.25) is 0 Å². The van der Waals surface area contributed by atoms with Gasteiger partial charge < -0.3 is 14.7 Å². The van der Waals surface area contributed by atoms with Gasteiger partial charge in [0, 0.05) is 12.5 Å². The van der Waals surface area contributed by atoms with Crippen LogP contribution < -0.4 is 5.32 Å². The van der Waals surface area contributed by atoms with Crippen LogP contribution in [0.15, 0.2) is 28.8 Å². The highest BCUT2D eigenvalue weighted by Gasteiger charge is 2.36. The molecule has 1 aromatic heterocycles. The topological polar surface area (TPSA) is 88.3 Å². The number of halogens is 1. The van der Waals surface area contributed by atoms with Gasteiger partial charge in [0.15, 0.2) is 5.82 Å². The van der Waals surface area contributed by atoms with E-state index >= 15 is 0 Å². The molecule has 1 saturated heterocycles. The summed E-state index contributed by atoms with van der Waals surface area (Å²) in [6.07, 6.45) is 1.38. The Balaban J connectivity index is 1.73. The van der Waals surface area contributed by atoms with Gasteiger partial charge in [-0.15, -0.1) is 0 Å². The molecule has 3 rings (SSSR count). The number of nitrogens with zero attached hydrogens (tertiary/aromatic N) is 3. The van der Waals surface area contributed by atoms with E-state index < -0.39 is 23.7 Å². The van der Waals surface area contributed by atoms with E-state index in [0.717, 1.165) is 6.42 Å². The number of nitrogens with one attached hydrogen (secondary N) is 1. The van der Waals surface area contributed by atoms with E-state index in [4.69, 9.17) is 4.52 Å². The van der Waals surface area contributed by atoms with Crippen LogP contribution >= 0.6 is 0 Å². The van der Waals surface area contributed by atoms with Gasteiger partial charge in [-0.1, -0.05) is 31.1 Å². The molecule has 2 amide bonds. The zero-order chi connectivity index (χ0) is 18.0. The lowest BCUT2D eigenvalue weighted by atomic mass is 10.2. The molecule has 0 saturated carbocycles. The van der Waals surface area contributed by atoms with Crippen LogP contribution in [0.5, 0.6) is 0 Å². The lowest BCUT2D eigenvalue weighted by Gasteiger charge is -2.21. The molecular weight excluding hydrogens is 327 g/mol. The van der Waals surface area contributed by atoms with Crippen LogP contribution in [-0.4, -0.2) is 33.4 Å². The molecule has 132 valence electrons. The molecule has 7 nitrogen and oxygen atoms in total.